The number of aliphatic hydroxyl groups excluding tert-OH is 2. The van der Waals surface area contributed by atoms with E-state index in [1.807, 2.05) is 0 Å². The van der Waals surface area contributed by atoms with Gasteiger partial charge in [-0.3, -0.25) is 0 Å². The van der Waals surface area contributed by atoms with E-state index in [-0.39, 0.29) is 16.9 Å². The van der Waals surface area contributed by atoms with E-state index in [9.17, 15) is 10.2 Å². The van der Waals surface area contributed by atoms with Crippen molar-refractivity contribution in [3.05, 3.63) is 12.2 Å². The monoisotopic (exact) mass is 442 g/mol. The van der Waals surface area contributed by atoms with Crippen LogP contribution in [0.1, 0.15) is 106 Å². The van der Waals surface area contributed by atoms with Gasteiger partial charge in [0.25, 0.3) is 0 Å². The molecule has 0 radical (unpaired) electrons. The highest BCUT2D eigenvalue weighted by molar-refractivity contribution is 5.21. The second kappa shape index (κ2) is 7.09. The molecule has 2 heteroatoms. The van der Waals surface area contributed by atoms with Crippen molar-refractivity contribution < 1.29 is 10.2 Å². The molecule has 0 aliphatic heterocycles. The van der Waals surface area contributed by atoms with Gasteiger partial charge < -0.3 is 10.2 Å². The van der Waals surface area contributed by atoms with Crippen molar-refractivity contribution in [2.75, 3.05) is 6.61 Å². The van der Waals surface area contributed by atoms with Gasteiger partial charge in [-0.15, -0.1) is 0 Å². The summed E-state index contributed by atoms with van der Waals surface area (Å²) in [6.07, 6.45) is 12.2. The molecule has 0 aromatic heterocycles. The summed E-state index contributed by atoms with van der Waals surface area (Å²) in [4.78, 5) is 0. The first kappa shape index (κ1) is 23.4. The molecule has 2 N–H and O–H groups in total. The van der Waals surface area contributed by atoms with Crippen LogP contribution in [0.4, 0.5) is 0 Å². The summed E-state index contributed by atoms with van der Waals surface area (Å²) >= 11 is 0. The van der Waals surface area contributed by atoms with E-state index in [1.54, 1.807) is 0 Å². The van der Waals surface area contributed by atoms with E-state index in [1.165, 1.54) is 63.4 Å². The topological polar surface area (TPSA) is 40.5 Å². The second-order valence-corrected chi connectivity index (χ2v) is 14.6. The van der Waals surface area contributed by atoms with Gasteiger partial charge in [-0.1, -0.05) is 46.8 Å². The zero-order valence-electron chi connectivity index (χ0n) is 21.8. The molecular weight excluding hydrogens is 392 g/mol. The zero-order valence-corrected chi connectivity index (χ0v) is 21.8. The first-order chi connectivity index (χ1) is 14.9. The molecule has 5 fully saturated rings. The van der Waals surface area contributed by atoms with Gasteiger partial charge in [0.15, 0.2) is 0 Å². The zero-order chi connectivity index (χ0) is 23.3. The Kier molecular flexibility index (Phi) is 5.19. The average molecular weight is 443 g/mol. The minimum Gasteiger partial charge on any atom is -0.396 e. The molecule has 5 saturated carbocycles. The van der Waals surface area contributed by atoms with Crippen LogP contribution >= 0.6 is 0 Å². The summed E-state index contributed by atoms with van der Waals surface area (Å²) in [7, 11) is 0. The predicted molar refractivity (Wildman–Crippen MR) is 132 cm³/mol. The van der Waals surface area contributed by atoms with Gasteiger partial charge in [0.05, 0.1) is 6.10 Å². The van der Waals surface area contributed by atoms with Crippen LogP contribution in [0.2, 0.25) is 0 Å². The maximum Gasteiger partial charge on any atom is 0.0594 e. The molecule has 0 amide bonds. The van der Waals surface area contributed by atoms with Gasteiger partial charge >= 0.3 is 0 Å². The summed E-state index contributed by atoms with van der Waals surface area (Å²) in [6, 6.07) is 0. The quantitative estimate of drug-likeness (QED) is 0.452. The number of fused-ring (bicyclic) bond motifs is 7. The molecule has 0 bridgehead atoms. The minimum atomic E-state index is -0.147. The molecule has 5 aliphatic rings. The fraction of sp³-hybridized carbons (Fsp3) is 0.933. The third kappa shape index (κ3) is 2.66. The van der Waals surface area contributed by atoms with E-state index in [0.29, 0.717) is 40.6 Å². The van der Waals surface area contributed by atoms with Crippen molar-refractivity contribution >= 4 is 0 Å². The SMILES string of the molecule is C=C(C)[C@H]1CC[C@]2(CO)CC[C@]3(C)C(CCC4[C@@]5(C)CC[C@H](O)C(C)(C)C5CC[C@]43C)C12. The average Bonchev–Trinajstić information content (AvgIpc) is 3.12. The molecule has 0 aromatic carbocycles. The van der Waals surface area contributed by atoms with E-state index < -0.39 is 0 Å². The molecule has 10 atom stereocenters. The van der Waals surface area contributed by atoms with E-state index >= 15 is 0 Å². The summed E-state index contributed by atoms with van der Waals surface area (Å²) in [6.45, 7) is 19.7. The molecule has 0 heterocycles. The summed E-state index contributed by atoms with van der Waals surface area (Å²) in [5, 5.41) is 21.5. The first-order valence-electron chi connectivity index (χ1n) is 13.8. The van der Waals surface area contributed by atoms with Gasteiger partial charge in [-0.2, -0.15) is 0 Å². The molecule has 182 valence electrons. The summed E-state index contributed by atoms with van der Waals surface area (Å²) in [5.74, 6) is 3.33. The summed E-state index contributed by atoms with van der Waals surface area (Å²) in [5.41, 5.74) is 2.60. The fourth-order valence-electron chi connectivity index (χ4n) is 11.5. The van der Waals surface area contributed by atoms with Crippen LogP contribution in [0.25, 0.3) is 0 Å². The second-order valence-electron chi connectivity index (χ2n) is 14.6. The molecule has 0 aromatic rings. The third-order valence-corrected chi connectivity index (χ3v) is 13.5. The number of aliphatic hydroxyl groups is 2. The first-order valence-corrected chi connectivity index (χ1v) is 13.8. The Labute approximate surface area is 197 Å². The maximum atomic E-state index is 10.9. The lowest BCUT2D eigenvalue weighted by molar-refractivity contribution is -0.249. The maximum absolute atomic E-state index is 10.9. The smallest absolute Gasteiger partial charge is 0.0594 e. The van der Waals surface area contributed by atoms with Gasteiger partial charge in [0.2, 0.25) is 0 Å². The van der Waals surface area contributed by atoms with Crippen LogP contribution in [0.15, 0.2) is 12.2 Å². The standard InChI is InChI=1S/C30H50O2/c1-19(2)20-10-15-30(18-31)17-16-28(6)21(25(20)30)8-9-23-27(5)13-12-24(32)26(3,4)22(27)11-14-29(23,28)7/h20-25,31-32H,1,8-18H2,2-7H3/t20-,21?,22?,23?,24+,25?,27+,28-,29-,30-/m1/s1. The van der Waals surface area contributed by atoms with E-state index in [4.69, 9.17) is 0 Å². The Morgan fingerprint density at radius 2 is 1.53 bits per heavy atom. The van der Waals surface area contributed by atoms with E-state index in [0.717, 1.165) is 18.3 Å². The third-order valence-electron chi connectivity index (χ3n) is 13.5. The summed E-state index contributed by atoms with van der Waals surface area (Å²) < 4.78 is 0. The Morgan fingerprint density at radius 3 is 2.19 bits per heavy atom. The van der Waals surface area contributed by atoms with Crippen LogP contribution in [0.5, 0.6) is 0 Å². The van der Waals surface area contributed by atoms with Crippen LogP contribution in [-0.4, -0.2) is 22.9 Å². The highest BCUT2D eigenvalue weighted by atomic mass is 16.3. The number of rotatable bonds is 2. The normalized spacial score (nSPS) is 56.5. The van der Waals surface area contributed by atoms with Gasteiger partial charge in [0, 0.05) is 6.61 Å². The van der Waals surface area contributed by atoms with Crippen molar-refractivity contribution in [1.82, 2.24) is 0 Å². The van der Waals surface area contributed by atoms with Crippen molar-refractivity contribution in [2.24, 2.45) is 56.7 Å². The fourth-order valence-corrected chi connectivity index (χ4v) is 11.5. The largest absolute Gasteiger partial charge is 0.396 e. The Morgan fingerprint density at radius 1 is 0.812 bits per heavy atom. The lowest BCUT2D eigenvalue weighted by Gasteiger charge is -2.73. The van der Waals surface area contributed by atoms with Gasteiger partial charge in [0.1, 0.15) is 0 Å². The van der Waals surface area contributed by atoms with Crippen molar-refractivity contribution in [2.45, 2.75) is 112 Å². The molecule has 5 aliphatic carbocycles. The van der Waals surface area contributed by atoms with Crippen LogP contribution in [0, 0.1) is 56.7 Å². The molecular formula is C30H50O2. The molecule has 5 rings (SSSR count). The molecule has 0 saturated heterocycles. The Balaban J connectivity index is 1.55. The van der Waals surface area contributed by atoms with Gasteiger partial charge in [-0.25, -0.2) is 0 Å². The number of allylic oxidation sites excluding steroid dienone is 1. The molecule has 2 nitrogen and oxygen atoms in total. The Bertz CT molecular complexity index is 786. The highest BCUT2D eigenvalue weighted by Crippen LogP contribution is 2.77. The highest BCUT2D eigenvalue weighted by Gasteiger charge is 2.70. The van der Waals surface area contributed by atoms with E-state index in [2.05, 4.69) is 48.1 Å². The van der Waals surface area contributed by atoms with Crippen molar-refractivity contribution in [3.8, 4) is 0 Å². The molecule has 32 heavy (non-hydrogen) atoms. The number of hydrogen-bond acceptors (Lipinski definition) is 2. The van der Waals surface area contributed by atoms with Crippen LogP contribution < -0.4 is 0 Å². The lowest BCUT2D eigenvalue weighted by atomic mass is 9.32. The Hall–Kier alpha value is -0.340. The van der Waals surface area contributed by atoms with Crippen LogP contribution in [0.3, 0.4) is 0 Å². The minimum absolute atomic E-state index is 0.0290. The lowest BCUT2D eigenvalue weighted by Crippen LogP contribution is -2.66. The number of hydrogen-bond donors (Lipinski definition) is 2. The predicted octanol–water partition coefficient (Wildman–Crippen LogP) is 7.00. The molecule has 0 spiro atoms. The molecule has 4 unspecified atom stereocenters. The van der Waals surface area contributed by atoms with Gasteiger partial charge in [-0.05, 0) is 128 Å². The van der Waals surface area contributed by atoms with Crippen molar-refractivity contribution in [3.63, 3.8) is 0 Å². The van der Waals surface area contributed by atoms with Crippen molar-refractivity contribution in [1.29, 1.82) is 0 Å². The van der Waals surface area contributed by atoms with Crippen LogP contribution in [-0.2, 0) is 0 Å².